The number of rotatable bonds is 19. The second-order valence-corrected chi connectivity index (χ2v) is 13.0. The third kappa shape index (κ3) is 13.9. The lowest BCUT2D eigenvalue weighted by atomic mass is 10.3. The van der Waals surface area contributed by atoms with E-state index in [1.54, 1.807) is 69.3 Å². The van der Waals surface area contributed by atoms with Crippen molar-refractivity contribution < 1.29 is 33.3 Å². The number of aromatic nitrogens is 3. The van der Waals surface area contributed by atoms with E-state index in [0.717, 1.165) is 35.3 Å². The molecule has 0 aliphatic carbocycles. The summed E-state index contributed by atoms with van der Waals surface area (Å²) >= 11 is 3.41. The molecule has 14 heteroatoms. The van der Waals surface area contributed by atoms with Crippen LogP contribution in [0.3, 0.4) is 0 Å². The fourth-order valence-electron chi connectivity index (χ4n) is 3.24. The number of hydrogen-bond donors (Lipinski definition) is 1. The zero-order valence-electron chi connectivity index (χ0n) is 26.4. The van der Waals surface area contributed by atoms with E-state index in [1.165, 1.54) is 0 Å². The molecule has 0 fully saturated rings. The highest BCUT2D eigenvalue weighted by molar-refractivity contribution is 8.14. The van der Waals surface area contributed by atoms with E-state index >= 15 is 0 Å². The fourth-order valence-corrected chi connectivity index (χ4v) is 5.07. The van der Waals surface area contributed by atoms with Crippen LogP contribution in [0, 0.1) is 0 Å². The van der Waals surface area contributed by atoms with Crippen LogP contribution in [-0.4, -0.2) is 67.3 Å². The number of thioether (sulfide) groups is 3. The van der Waals surface area contributed by atoms with Gasteiger partial charge in [0.15, 0.2) is 0 Å². The average molecular weight is 697 g/mol. The van der Waals surface area contributed by atoms with Crippen molar-refractivity contribution in [3.05, 3.63) is 85.0 Å². The number of nitrogens with one attached hydrogen (secondary N) is 1. The molecule has 2 aromatic carbocycles. The van der Waals surface area contributed by atoms with E-state index in [9.17, 15) is 14.4 Å². The molecule has 0 radical (unpaired) electrons. The van der Waals surface area contributed by atoms with Gasteiger partial charge in [0.05, 0.1) is 13.2 Å². The summed E-state index contributed by atoms with van der Waals surface area (Å²) in [5.74, 6) is 3.43. The minimum Gasteiger partial charge on any atom is -0.493 e. The van der Waals surface area contributed by atoms with Crippen LogP contribution < -0.4 is 24.3 Å². The molecule has 0 unspecified atom stereocenters. The maximum Gasteiger partial charge on any atom is 0.330 e. The van der Waals surface area contributed by atoms with Gasteiger partial charge in [-0.3, -0.25) is 14.4 Å². The molecule has 0 amide bonds. The molecule has 0 saturated heterocycles. The maximum atomic E-state index is 11.9. The highest BCUT2D eigenvalue weighted by Gasteiger charge is 2.13. The van der Waals surface area contributed by atoms with Crippen molar-refractivity contribution in [3.63, 3.8) is 0 Å². The summed E-state index contributed by atoms with van der Waals surface area (Å²) in [5.41, 5.74) is 1.45. The summed E-state index contributed by atoms with van der Waals surface area (Å²) in [4.78, 5) is 48.4. The Kier molecular flexibility index (Phi) is 15.4. The molecule has 0 atom stereocenters. The van der Waals surface area contributed by atoms with Crippen LogP contribution in [-0.2, 0) is 14.4 Å². The first-order valence-electron chi connectivity index (χ1n) is 14.3. The van der Waals surface area contributed by atoms with Crippen LogP contribution in [0.2, 0.25) is 0 Å². The first kappa shape index (κ1) is 37.2. The Hall–Kier alpha value is -4.27. The summed E-state index contributed by atoms with van der Waals surface area (Å²) < 4.78 is 23.4. The lowest BCUT2D eigenvalue weighted by molar-refractivity contribution is -0.108. The van der Waals surface area contributed by atoms with Gasteiger partial charge in [0.25, 0.3) is 0 Å². The van der Waals surface area contributed by atoms with Gasteiger partial charge in [-0.25, -0.2) is 0 Å². The minimum absolute atomic E-state index is 0.0467. The van der Waals surface area contributed by atoms with Crippen molar-refractivity contribution in [2.75, 3.05) is 42.3 Å². The Bertz CT molecular complexity index is 1520. The summed E-state index contributed by atoms with van der Waals surface area (Å²) in [5, 5.41) is 2.83. The SMILES string of the molecule is C=C(C)C(=O)SCCNc1nc(Oc2cccc(OCCSC(=O)C(=C)C)c2)nc(Oc2cccc(OCCSC(=O)C(=C)C)c2)n1. The number of carbonyl (C=O) groups excluding carboxylic acids is 3. The summed E-state index contributed by atoms with van der Waals surface area (Å²) in [7, 11) is 0. The van der Waals surface area contributed by atoms with Gasteiger partial charge in [0, 0.05) is 35.9 Å². The number of anilines is 1. The van der Waals surface area contributed by atoms with Crippen molar-refractivity contribution in [2.24, 2.45) is 0 Å². The topological polar surface area (TPSA) is 139 Å². The Labute approximate surface area is 287 Å². The zero-order chi connectivity index (χ0) is 34.2. The van der Waals surface area contributed by atoms with Gasteiger partial charge in [-0.05, 0) is 61.8 Å². The van der Waals surface area contributed by atoms with Gasteiger partial charge in [0.2, 0.25) is 21.3 Å². The number of nitrogens with zero attached hydrogens (tertiary/aromatic N) is 3. The minimum atomic E-state index is -0.0956. The Morgan fingerprint density at radius 3 is 1.47 bits per heavy atom. The van der Waals surface area contributed by atoms with E-state index in [2.05, 4.69) is 40.0 Å². The van der Waals surface area contributed by atoms with Crippen LogP contribution in [0.25, 0.3) is 0 Å². The standard InChI is InChI=1S/C33H36N4O7S3/c1-21(2)28(38)45-16-13-34-31-35-32(43-26-11-7-9-24(19-26)41-14-17-46-29(39)22(3)4)37-33(36-31)44-27-12-8-10-25(20-27)42-15-18-47-30(40)23(5)6/h7-12,19-20H,1,3,5,13-18H2,2,4,6H3,(H,34,35,36,37). The van der Waals surface area contributed by atoms with Crippen LogP contribution in [0.5, 0.6) is 35.0 Å². The van der Waals surface area contributed by atoms with Crippen molar-refractivity contribution in [2.45, 2.75) is 20.8 Å². The summed E-state index contributed by atoms with van der Waals surface area (Å²) in [6, 6.07) is 13.7. The van der Waals surface area contributed by atoms with Crippen molar-refractivity contribution in [1.29, 1.82) is 0 Å². The lowest BCUT2D eigenvalue weighted by Gasteiger charge is -2.12. The predicted molar refractivity (Wildman–Crippen MR) is 189 cm³/mol. The normalized spacial score (nSPS) is 10.4. The second kappa shape index (κ2) is 19.4. The Morgan fingerprint density at radius 2 is 1.04 bits per heavy atom. The summed E-state index contributed by atoms with van der Waals surface area (Å²) in [6.07, 6.45) is 0. The second-order valence-electron chi connectivity index (χ2n) is 9.75. The molecular formula is C33H36N4O7S3. The van der Waals surface area contributed by atoms with Gasteiger partial charge in [0.1, 0.15) is 23.0 Å². The monoisotopic (exact) mass is 696 g/mol. The molecular weight excluding hydrogens is 661 g/mol. The highest BCUT2D eigenvalue weighted by atomic mass is 32.2. The third-order valence-electron chi connectivity index (χ3n) is 5.46. The fraction of sp³-hybridized carbons (Fsp3) is 0.273. The predicted octanol–water partition coefficient (Wildman–Crippen LogP) is 7.13. The van der Waals surface area contributed by atoms with Crippen LogP contribution >= 0.6 is 35.3 Å². The first-order valence-corrected chi connectivity index (χ1v) is 17.2. The molecule has 0 aliphatic heterocycles. The largest absolute Gasteiger partial charge is 0.493 e. The third-order valence-corrected chi connectivity index (χ3v) is 8.44. The molecule has 248 valence electrons. The molecule has 3 rings (SSSR count). The highest BCUT2D eigenvalue weighted by Crippen LogP contribution is 2.28. The number of ether oxygens (including phenoxy) is 4. The van der Waals surface area contributed by atoms with Crippen molar-refractivity contribution in [3.8, 4) is 35.0 Å². The number of benzene rings is 2. The smallest absolute Gasteiger partial charge is 0.330 e. The van der Waals surface area contributed by atoms with E-state index in [1.807, 2.05) is 0 Å². The average Bonchev–Trinajstić information content (AvgIpc) is 3.03. The Morgan fingerprint density at radius 1 is 0.638 bits per heavy atom. The van der Waals surface area contributed by atoms with Crippen molar-refractivity contribution in [1.82, 2.24) is 15.0 Å². The maximum absolute atomic E-state index is 11.9. The molecule has 47 heavy (non-hydrogen) atoms. The Balaban J connectivity index is 1.71. The van der Waals surface area contributed by atoms with Gasteiger partial charge < -0.3 is 24.3 Å². The number of carbonyl (C=O) groups is 3. The van der Waals surface area contributed by atoms with Crippen LogP contribution in [0.15, 0.2) is 85.0 Å². The number of hydrogen-bond acceptors (Lipinski definition) is 14. The molecule has 1 aromatic heterocycles. The zero-order valence-corrected chi connectivity index (χ0v) is 28.9. The molecule has 0 saturated carbocycles. The van der Waals surface area contributed by atoms with Gasteiger partial charge >= 0.3 is 12.0 Å². The van der Waals surface area contributed by atoms with Crippen molar-refractivity contribution >= 4 is 56.6 Å². The van der Waals surface area contributed by atoms with Gasteiger partial charge in [-0.15, -0.1) is 4.98 Å². The van der Waals surface area contributed by atoms with E-state index in [4.69, 9.17) is 18.9 Å². The summed E-state index contributed by atoms with van der Waals surface area (Å²) in [6.45, 7) is 17.0. The molecule has 1 heterocycles. The molecule has 0 spiro atoms. The van der Waals surface area contributed by atoms with Gasteiger partial charge in [-0.1, -0.05) is 67.2 Å². The van der Waals surface area contributed by atoms with E-state index in [-0.39, 0.29) is 33.3 Å². The lowest BCUT2D eigenvalue weighted by Crippen LogP contribution is -2.11. The van der Waals surface area contributed by atoms with E-state index in [0.29, 0.717) is 76.7 Å². The molecule has 1 N–H and O–H groups in total. The van der Waals surface area contributed by atoms with Gasteiger partial charge in [-0.2, -0.15) is 9.97 Å². The molecule has 11 nitrogen and oxygen atoms in total. The quantitative estimate of drug-likeness (QED) is 0.100. The first-order chi connectivity index (χ1) is 22.5. The molecule has 0 bridgehead atoms. The van der Waals surface area contributed by atoms with E-state index < -0.39 is 0 Å². The van der Waals surface area contributed by atoms with Crippen LogP contribution in [0.1, 0.15) is 20.8 Å². The molecule has 0 aliphatic rings. The molecule has 3 aromatic rings. The van der Waals surface area contributed by atoms with Crippen LogP contribution in [0.4, 0.5) is 5.95 Å².